The normalized spacial score (nSPS) is 15.1. The number of pyridine rings is 2. The Morgan fingerprint density at radius 2 is 2.12 bits per heavy atom. The van der Waals surface area contributed by atoms with Crippen LogP contribution in [0, 0.1) is 0 Å². The van der Waals surface area contributed by atoms with Crippen molar-refractivity contribution in [1.29, 1.82) is 0 Å². The fourth-order valence-electron chi connectivity index (χ4n) is 3.10. The van der Waals surface area contributed by atoms with Gasteiger partial charge in [0.25, 0.3) is 0 Å². The third kappa shape index (κ3) is 2.10. The van der Waals surface area contributed by atoms with E-state index in [2.05, 4.69) is 47.6 Å². The molecule has 5 rings (SSSR count). The van der Waals surface area contributed by atoms with Crippen LogP contribution >= 0.6 is 0 Å². The average Bonchev–Trinajstić information content (AvgIpc) is 3.25. The van der Waals surface area contributed by atoms with Crippen LogP contribution in [-0.4, -0.2) is 43.2 Å². The van der Waals surface area contributed by atoms with Gasteiger partial charge in [-0.05, 0) is 30.7 Å². The first-order chi connectivity index (χ1) is 11.9. The molecule has 1 aliphatic heterocycles. The Balaban J connectivity index is 1.66. The van der Waals surface area contributed by atoms with Gasteiger partial charge in [-0.25, -0.2) is 4.98 Å². The van der Waals surface area contributed by atoms with Gasteiger partial charge in [-0.3, -0.25) is 15.1 Å². The van der Waals surface area contributed by atoms with E-state index in [4.69, 9.17) is 0 Å². The Labute approximate surface area is 137 Å². The van der Waals surface area contributed by atoms with Crippen LogP contribution in [0.1, 0.15) is 12.1 Å². The van der Waals surface area contributed by atoms with Crippen molar-refractivity contribution in [2.24, 2.45) is 0 Å². The maximum atomic E-state index is 4.62. The molecule has 0 amide bonds. The summed E-state index contributed by atoms with van der Waals surface area (Å²) in [5, 5.41) is 11.8. The minimum Gasteiger partial charge on any atom is -0.335 e. The molecular weight excluding hydrogens is 302 g/mol. The molecule has 0 spiro atoms. The van der Waals surface area contributed by atoms with Gasteiger partial charge in [0.2, 0.25) is 0 Å². The van der Waals surface area contributed by atoms with Crippen molar-refractivity contribution in [3.8, 4) is 11.5 Å². The molecule has 4 aromatic heterocycles. The predicted molar refractivity (Wildman–Crippen MR) is 92.2 cm³/mol. The molecule has 7 nitrogen and oxygen atoms in total. The molecule has 7 heteroatoms. The molecule has 118 valence electrons. The predicted octanol–water partition coefficient (Wildman–Crippen LogP) is 2.27. The van der Waals surface area contributed by atoms with E-state index < -0.39 is 0 Å². The standard InChI is InChI=1S/C17H15N7/c1-4-18-5-2-10(1)13-7-11-14(9-20-13)23-24-16(11)17-21-12-3-6-19-8-15(12)22-17/h1,3,6-9,18H,2,4-5H2,(H,21,22)(H,23,24). The molecule has 0 unspecified atom stereocenters. The van der Waals surface area contributed by atoms with Gasteiger partial charge in [0, 0.05) is 18.1 Å². The largest absolute Gasteiger partial charge is 0.335 e. The van der Waals surface area contributed by atoms with Gasteiger partial charge in [-0.2, -0.15) is 5.10 Å². The second kappa shape index (κ2) is 5.24. The van der Waals surface area contributed by atoms with Gasteiger partial charge in [0.05, 0.1) is 34.6 Å². The Hall–Kier alpha value is -3.06. The van der Waals surface area contributed by atoms with Crippen LogP contribution in [0.4, 0.5) is 0 Å². The molecule has 0 fully saturated rings. The van der Waals surface area contributed by atoms with Gasteiger partial charge in [0.1, 0.15) is 5.69 Å². The van der Waals surface area contributed by atoms with E-state index in [-0.39, 0.29) is 0 Å². The molecule has 0 aliphatic carbocycles. The van der Waals surface area contributed by atoms with Crippen molar-refractivity contribution in [3.05, 3.63) is 42.5 Å². The lowest BCUT2D eigenvalue weighted by Gasteiger charge is -2.13. The van der Waals surface area contributed by atoms with E-state index in [1.165, 1.54) is 5.57 Å². The third-order valence-corrected chi connectivity index (χ3v) is 4.35. The minimum absolute atomic E-state index is 0.737. The summed E-state index contributed by atoms with van der Waals surface area (Å²) in [6.45, 7) is 1.88. The van der Waals surface area contributed by atoms with Crippen LogP contribution in [0.3, 0.4) is 0 Å². The van der Waals surface area contributed by atoms with Crippen LogP contribution in [0.15, 0.2) is 36.8 Å². The van der Waals surface area contributed by atoms with Crippen molar-refractivity contribution in [2.45, 2.75) is 6.42 Å². The Morgan fingerprint density at radius 3 is 3.00 bits per heavy atom. The number of hydrogen-bond acceptors (Lipinski definition) is 5. The number of aromatic nitrogens is 6. The molecule has 4 aromatic rings. The smallest absolute Gasteiger partial charge is 0.159 e. The van der Waals surface area contributed by atoms with Crippen LogP contribution in [-0.2, 0) is 0 Å². The van der Waals surface area contributed by atoms with Crippen molar-refractivity contribution in [2.75, 3.05) is 13.1 Å². The number of fused-ring (bicyclic) bond motifs is 2. The van der Waals surface area contributed by atoms with Gasteiger partial charge in [-0.15, -0.1) is 0 Å². The van der Waals surface area contributed by atoms with Crippen molar-refractivity contribution >= 4 is 27.5 Å². The lowest BCUT2D eigenvalue weighted by molar-refractivity contribution is 0.737. The SMILES string of the molecule is C1=C(c2cc3c(-c4nc5ccncc5[nH]4)n[nH]c3cn2)CCNC1. The summed E-state index contributed by atoms with van der Waals surface area (Å²) >= 11 is 0. The topological polar surface area (TPSA) is 95.2 Å². The van der Waals surface area contributed by atoms with Crippen molar-refractivity contribution in [3.63, 3.8) is 0 Å². The van der Waals surface area contributed by atoms with Gasteiger partial charge in [-0.1, -0.05) is 6.08 Å². The molecule has 0 atom stereocenters. The Kier molecular flexibility index (Phi) is 2.92. The first kappa shape index (κ1) is 13.4. The van der Waals surface area contributed by atoms with Gasteiger partial charge < -0.3 is 10.3 Å². The molecule has 0 saturated heterocycles. The molecule has 0 saturated carbocycles. The fourth-order valence-corrected chi connectivity index (χ4v) is 3.10. The highest BCUT2D eigenvalue weighted by molar-refractivity contribution is 5.94. The summed E-state index contributed by atoms with van der Waals surface area (Å²) in [5.41, 5.74) is 5.77. The summed E-state index contributed by atoms with van der Waals surface area (Å²) in [6, 6.07) is 3.98. The number of nitrogens with zero attached hydrogens (tertiary/aromatic N) is 4. The molecule has 0 radical (unpaired) electrons. The maximum Gasteiger partial charge on any atom is 0.159 e. The second-order valence-corrected chi connectivity index (χ2v) is 5.85. The molecule has 3 N–H and O–H groups in total. The maximum absolute atomic E-state index is 4.62. The van der Waals surface area contributed by atoms with E-state index in [0.717, 1.165) is 58.7 Å². The van der Waals surface area contributed by atoms with Crippen molar-refractivity contribution in [1.82, 2.24) is 35.5 Å². The summed E-state index contributed by atoms with van der Waals surface area (Å²) in [4.78, 5) is 16.6. The zero-order valence-corrected chi connectivity index (χ0v) is 12.9. The van der Waals surface area contributed by atoms with Crippen molar-refractivity contribution < 1.29 is 0 Å². The molecule has 24 heavy (non-hydrogen) atoms. The Morgan fingerprint density at radius 1 is 1.12 bits per heavy atom. The number of hydrogen-bond donors (Lipinski definition) is 3. The molecule has 5 heterocycles. The van der Waals surface area contributed by atoms with Crippen LogP contribution in [0.25, 0.3) is 39.0 Å². The molecule has 0 aromatic carbocycles. The second-order valence-electron chi connectivity index (χ2n) is 5.85. The van der Waals surface area contributed by atoms with E-state index in [0.29, 0.717) is 0 Å². The average molecular weight is 317 g/mol. The third-order valence-electron chi connectivity index (χ3n) is 4.35. The van der Waals surface area contributed by atoms with E-state index >= 15 is 0 Å². The lowest BCUT2D eigenvalue weighted by atomic mass is 10.0. The Bertz CT molecular complexity index is 1040. The number of rotatable bonds is 2. The summed E-state index contributed by atoms with van der Waals surface area (Å²) in [5.74, 6) is 0.737. The molecule has 1 aliphatic rings. The highest BCUT2D eigenvalue weighted by Crippen LogP contribution is 2.28. The lowest BCUT2D eigenvalue weighted by Crippen LogP contribution is -2.20. The van der Waals surface area contributed by atoms with E-state index in [1.807, 2.05) is 12.3 Å². The number of H-pyrrole nitrogens is 2. The van der Waals surface area contributed by atoms with E-state index in [9.17, 15) is 0 Å². The fraction of sp³-hybridized carbons (Fsp3) is 0.176. The number of nitrogens with one attached hydrogen (secondary N) is 3. The summed E-state index contributed by atoms with van der Waals surface area (Å²) < 4.78 is 0. The number of imidazole rings is 1. The first-order valence-corrected chi connectivity index (χ1v) is 7.93. The monoisotopic (exact) mass is 317 g/mol. The highest BCUT2D eigenvalue weighted by Gasteiger charge is 2.15. The van der Waals surface area contributed by atoms with Gasteiger partial charge in [0.15, 0.2) is 5.82 Å². The zero-order chi connectivity index (χ0) is 15.9. The van der Waals surface area contributed by atoms with E-state index in [1.54, 1.807) is 12.4 Å². The minimum atomic E-state index is 0.737. The van der Waals surface area contributed by atoms with Crippen LogP contribution < -0.4 is 5.32 Å². The highest BCUT2D eigenvalue weighted by atomic mass is 15.1. The quantitative estimate of drug-likeness (QED) is 0.527. The van der Waals surface area contributed by atoms with Crippen LogP contribution in [0.5, 0.6) is 0 Å². The van der Waals surface area contributed by atoms with Crippen LogP contribution in [0.2, 0.25) is 0 Å². The number of aromatic amines is 2. The summed E-state index contributed by atoms with van der Waals surface area (Å²) in [7, 11) is 0. The first-order valence-electron chi connectivity index (χ1n) is 7.93. The molecule has 0 bridgehead atoms. The zero-order valence-electron chi connectivity index (χ0n) is 12.9. The summed E-state index contributed by atoms with van der Waals surface area (Å²) in [6.07, 6.45) is 8.54. The van der Waals surface area contributed by atoms with Gasteiger partial charge >= 0.3 is 0 Å². The molecular formula is C17H15N7.